The molecule has 108 valence electrons. The second kappa shape index (κ2) is 6.97. The maximum absolute atomic E-state index is 13.2. The Morgan fingerprint density at radius 3 is 2.65 bits per heavy atom. The van der Waals surface area contributed by atoms with Gasteiger partial charge in [-0.15, -0.1) is 11.3 Å². The zero-order chi connectivity index (χ0) is 14.5. The summed E-state index contributed by atoms with van der Waals surface area (Å²) in [5.74, 6) is -0.182. The highest BCUT2D eigenvalue weighted by Gasteiger charge is 2.16. The van der Waals surface area contributed by atoms with Gasteiger partial charge in [-0.3, -0.25) is 0 Å². The molecule has 1 heterocycles. The number of rotatable bonds is 6. The summed E-state index contributed by atoms with van der Waals surface area (Å²) in [6.45, 7) is 2.90. The molecule has 0 aliphatic rings. The molecule has 2 aromatic rings. The molecule has 0 radical (unpaired) electrons. The molecule has 0 saturated carbocycles. The highest BCUT2D eigenvalue weighted by Crippen LogP contribution is 2.23. The average Bonchev–Trinajstić information content (AvgIpc) is 2.92. The lowest BCUT2D eigenvalue weighted by atomic mass is 10.1. The third-order valence-corrected chi connectivity index (χ3v) is 4.43. The quantitative estimate of drug-likeness (QED) is 0.870. The summed E-state index contributed by atoms with van der Waals surface area (Å²) >= 11 is 1.77. The molecule has 2 unspecified atom stereocenters. The Balaban J connectivity index is 1.99. The van der Waals surface area contributed by atoms with Gasteiger partial charge in [0, 0.05) is 17.5 Å². The number of nitrogens with one attached hydrogen (secondary N) is 1. The molecule has 0 amide bonds. The van der Waals surface area contributed by atoms with E-state index in [4.69, 9.17) is 0 Å². The second-order valence-corrected chi connectivity index (χ2v) is 6.16. The zero-order valence-electron chi connectivity index (χ0n) is 12.1. The Hall–Kier alpha value is -1.23. The van der Waals surface area contributed by atoms with E-state index in [1.54, 1.807) is 23.5 Å². The van der Waals surface area contributed by atoms with Gasteiger partial charge in [0.2, 0.25) is 0 Å². The first-order valence-corrected chi connectivity index (χ1v) is 7.64. The minimum Gasteiger partial charge on any atom is -0.308 e. The van der Waals surface area contributed by atoms with Crippen molar-refractivity contribution in [3.63, 3.8) is 0 Å². The molecule has 1 aromatic carbocycles. The van der Waals surface area contributed by atoms with Gasteiger partial charge in [0.25, 0.3) is 0 Å². The van der Waals surface area contributed by atoms with Crippen LogP contribution < -0.4 is 5.32 Å². The molecular weight excluding hydrogens is 271 g/mol. The summed E-state index contributed by atoms with van der Waals surface area (Å²) in [6, 6.07) is 11.5. The van der Waals surface area contributed by atoms with Crippen molar-refractivity contribution in [3.8, 4) is 0 Å². The second-order valence-electron chi connectivity index (χ2n) is 5.18. The van der Waals surface area contributed by atoms with Gasteiger partial charge in [-0.25, -0.2) is 4.39 Å². The number of hydrogen-bond acceptors (Lipinski definition) is 3. The highest BCUT2D eigenvalue weighted by molar-refractivity contribution is 7.10. The number of likely N-dealkylation sites (N-methyl/N-ethyl adjacent to an activating group) is 1. The van der Waals surface area contributed by atoms with Crippen LogP contribution in [0.4, 0.5) is 4.39 Å². The van der Waals surface area contributed by atoms with Crippen LogP contribution in [0.1, 0.15) is 29.4 Å². The number of nitrogens with zero attached hydrogens (tertiary/aromatic N) is 1. The summed E-state index contributed by atoms with van der Waals surface area (Å²) in [7, 11) is 4.16. The molecule has 0 saturated heterocycles. The minimum absolute atomic E-state index is 0.133. The van der Waals surface area contributed by atoms with Gasteiger partial charge in [-0.05, 0) is 50.2 Å². The molecule has 1 N–H and O–H groups in total. The zero-order valence-corrected chi connectivity index (χ0v) is 13.0. The van der Waals surface area contributed by atoms with Crippen LogP contribution in [0.25, 0.3) is 0 Å². The molecule has 4 heteroatoms. The van der Waals surface area contributed by atoms with Gasteiger partial charge < -0.3 is 10.2 Å². The summed E-state index contributed by atoms with van der Waals surface area (Å²) in [5, 5.41) is 5.59. The van der Waals surface area contributed by atoms with E-state index in [1.165, 1.54) is 10.9 Å². The van der Waals surface area contributed by atoms with Gasteiger partial charge in [0.1, 0.15) is 5.82 Å². The Labute approximate surface area is 124 Å². The van der Waals surface area contributed by atoms with E-state index < -0.39 is 0 Å². The maximum Gasteiger partial charge on any atom is 0.123 e. The molecule has 1 aromatic heterocycles. The number of thiophene rings is 1. The molecular formula is C16H21FN2S. The van der Waals surface area contributed by atoms with Crippen LogP contribution >= 0.6 is 11.3 Å². The van der Waals surface area contributed by atoms with Crippen molar-refractivity contribution >= 4 is 11.3 Å². The van der Waals surface area contributed by atoms with Crippen LogP contribution in [0.15, 0.2) is 41.8 Å². The summed E-state index contributed by atoms with van der Waals surface area (Å²) < 4.78 is 13.2. The molecule has 0 aliphatic carbocycles. The van der Waals surface area contributed by atoms with Crippen LogP contribution in [0.3, 0.4) is 0 Å². The maximum atomic E-state index is 13.2. The van der Waals surface area contributed by atoms with E-state index in [1.807, 2.05) is 6.07 Å². The Kier molecular flexibility index (Phi) is 5.29. The lowest BCUT2D eigenvalue weighted by Gasteiger charge is -2.25. The Morgan fingerprint density at radius 2 is 2.05 bits per heavy atom. The van der Waals surface area contributed by atoms with Crippen LogP contribution in [0, 0.1) is 5.82 Å². The van der Waals surface area contributed by atoms with Gasteiger partial charge in [-0.2, -0.15) is 0 Å². The van der Waals surface area contributed by atoms with Gasteiger partial charge >= 0.3 is 0 Å². The third-order valence-electron chi connectivity index (χ3n) is 3.46. The fourth-order valence-corrected chi connectivity index (χ4v) is 3.12. The molecule has 0 aliphatic heterocycles. The van der Waals surface area contributed by atoms with Crippen molar-refractivity contribution in [2.75, 3.05) is 20.6 Å². The van der Waals surface area contributed by atoms with Gasteiger partial charge in [0.05, 0.1) is 6.04 Å². The van der Waals surface area contributed by atoms with Crippen molar-refractivity contribution in [2.45, 2.75) is 19.0 Å². The molecule has 0 spiro atoms. The molecule has 20 heavy (non-hydrogen) atoms. The lowest BCUT2D eigenvalue weighted by molar-refractivity contribution is 0.285. The van der Waals surface area contributed by atoms with E-state index in [2.05, 4.69) is 48.7 Å². The number of halogens is 1. The van der Waals surface area contributed by atoms with Crippen LogP contribution in [-0.2, 0) is 0 Å². The average molecular weight is 292 g/mol. The van der Waals surface area contributed by atoms with Crippen molar-refractivity contribution in [1.82, 2.24) is 10.2 Å². The standard InChI is InChI=1S/C16H21FN2S/c1-12(13-6-4-7-14(17)10-13)18-11-15(19(2)3)16-8-5-9-20-16/h4-10,12,15,18H,11H2,1-3H3. The largest absolute Gasteiger partial charge is 0.308 e. The summed E-state index contributed by atoms with van der Waals surface area (Å²) in [6.07, 6.45) is 0. The minimum atomic E-state index is -0.182. The Morgan fingerprint density at radius 1 is 1.25 bits per heavy atom. The molecule has 2 rings (SSSR count). The number of benzene rings is 1. The SMILES string of the molecule is CC(NCC(c1cccs1)N(C)C)c1cccc(F)c1. The topological polar surface area (TPSA) is 15.3 Å². The predicted molar refractivity (Wildman–Crippen MR) is 83.6 cm³/mol. The molecule has 2 nitrogen and oxygen atoms in total. The predicted octanol–water partition coefficient (Wildman–Crippen LogP) is 3.84. The van der Waals surface area contributed by atoms with E-state index in [-0.39, 0.29) is 11.9 Å². The van der Waals surface area contributed by atoms with Crippen LogP contribution in [0.5, 0.6) is 0 Å². The lowest BCUT2D eigenvalue weighted by Crippen LogP contribution is -2.32. The molecule has 0 fully saturated rings. The fourth-order valence-electron chi connectivity index (χ4n) is 2.20. The van der Waals surface area contributed by atoms with E-state index >= 15 is 0 Å². The first-order valence-electron chi connectivity index (χ1n) is 6.76. The smallest absolute Gasteiger partial charge is 0.123 e. The summed E-state index contributed by atoms with van der Waals surface area (Å²) in [4.78, 5) is 3.55. The van der Waals surface area contributed by atoms with E-state index in [0.717, 1.165) is 12.1 Å². The number of hydrogen-bond donors (Lipinski definition) is 1. The van der Waals surface area contributed by atoms with Crippen molar-refractivity contribution in [1.29, 1.82) is 0 Å². The van der Waals surface area contributed by atoms with E-state index in [0.29, 0.717) is 6.04 Å². The fraction of sp³-hybridized carbons (Fsp3) is 0.375. The van der Waals surface area contributed by atoms with Crippen LogP contribution in [0.2, 0.25) is 0 Å². The first-order chi connectivity index (χ1) is 9.58. The van der Waals surface area contributed by atoms with Crippen molar-refractivity contribution in [3.05, 3.63) is 58.0 Å². The van der Waals surface area contributed by atoms with Crippen molar-refractivity contribution < 1.29 is 4.39 Å². The molecule has 0 bridgehead atoms. The third kappa shape index (κ3) is 3.88. The van der Waals surface area contributed by atoms with Crippen LogP contribution in [-0.4, -0.2) is 25.5 Å². The molecule has 2 atom stereocenters. The van der Waals surface area contributed by atoms with Crippen molar-refractivity contribution in [2.24, 2.45) is 0 Å². The highest BCUT2D eigenvalue weighted by atomic mass is 32.1. The normalized spacial score (nSPS) is 14.4. The monoisotopic (exact) mass is 292 g/mol. The Bertz CT molecular complexity index is 525. The van der Waals surface area contributed by atoms with E-state index in [9.17, 15) is 4.39 Å². The first kappa shape index (κ1) is 15.2. The summed E-state index contributed by atoms with van der Waals surface area (Å²) in [5.41, 5.74) is 0.980. The van der Waals surface area contributed by atoms with Gasteiger partial charge in [0.15, 0.2) is 0 Å². The van der Waals surface area contributed by atoms with Gasteiger partial charge in [-0.1, -0.05) is 18.2 Å².